The van der Waals surface area contributed by atoms with E-state index < -0.39 is 11.6 Å². The maximum atomic E-state index is 12.7. The van der Waals surface area contributed by atoms with E-state index in [1.165, 1.54) is 23.9 Å². The van der Waals surface area contributed by atoms with Crippen LogP contribution in [0, 0.1) is 18.6 Å². The lowest BCUT2D eigenvalue weighted by Gasteiger charge is -2.00. The van der Waals surface area contributed by atoms with Crippen molar-refractivity contribution in [3.63, 3.8) is 0 Å². The minimum absolute atomic E-state index is 0.517. The topological polar surface area (TPSA) is 0 Å². The van der Waals surface area contributed by atoms with E-state index in [1.54, 1.807) is 0 Å². The molecule has 0 aliphatic rings. The van der Waals surface area contributed by atoms with Crippen LogP contribution in [0.4, 0.5) is 8.78 Å². The monoisotopic (exact) mass is 201 g/mol. The van der Waals surface area contributed by atoms with Crippen LogP contribution in [0.5, 0.6) is 0 Å². The minimum Gasteiger partial charge on any atom is -0.207 e. The van der Waals surface area contributed by atoms with Gasteiger partial charge in [0.15, 0.2) is 0 Å². The van der Waals surface area contributed by atoms with E-state index in [2.05, 4.69) is 6.92 Å². The Bertz CT molecular complexity index is 253. The summed E-state index contributed by atoms with van der Waals surface area (Å²) in [7, 11) is 0. The number of benzene rings is 1. The SMILES string of the molecule is [CH2]CCCSc1cc(F)cc(F)c1. The lowest BCUT2D eigenvalue weighted by Crippen LogP contribution is -1.83. The van der Waals surface area contributed by atoms with Crippen LogP contribution in [0.3, 0.4) is 0 Å². The quantitative estimate of drug-likeness (QED) is 0.529. The van der Waals surface area contributed by atoms with Crippen molar-refractivity contribution in [2.24, 2.45) is 0 Å². The van der Waals surface area contributed by atoms with Gasteiger partial charge in [-0.1, -0.05) is 13.3 Å². The first-order valence-electron chi connectivity index (χ1n) is 4.10. The molecule has 0 N–H and O–H groups in total. The Morgan fingerprint density at radius 3 is 2.31 bits per heavy atom. The van der Waals surface area contributed by atoms with Crippen LogP contribution in [0.25, 0.3) is 0 Å². The van der Waals surface area contributed by atoms with Crippen molar-refractivity contribution in [3.8, 4) is 0 Å². The molecular formula is C10H11F2S. The van der Waals surface area contributed by atoms with Gasteiger partial charge in [-0.2, -0.15) is 0 Å². The van der Waals surface area contributed by atoms with Gasteiger partial charge in [0.05, 0.1) is 0 Å². The van der Waals surface area contributed by atoms with Crippen LogP contribution >= 0.6 is 11.8 Å². The first-order valence-corrected chi connectivity index (χ1v) is 5.09. The molecule has 0 unspecified atom stereocenters. The van der Waals surface area contributed by atoms with Crippen LogP contribution < -0.4 is 0 Å². The summed E-state index contributed by atoms with van der Waals surface area (Å²) in [5.41, 5.74) is 0. The molecule has 0 saturated carbocycles. The molecule has 0 aliphatic carbocycles. The van der Waals surface area contributed by atoms with Crippen molar-refractivity contribution >= 4 is 11.8 Å². The van der Waals surface area contributed by atoms with Gasteiger partial charge in [-0.25, -0.2) is 8.78 Å². The van der Waals surface area contributed by atoms with Crippen molar-refractivity contribution in [1.82, 2.24) is 0 Å². The van der Waals surface area contributed by atoms with Crippen molar-refractivity contribution in [2.45, 2.75) is 17.7 Å². The minimum atomic E-state index is -0.517. The van der Waals surface area contributed by atoms with Crippen LogP contribution in [0.2, 0.25) is 0 Å². The van der Waals surface area contributed by atoms with Gasteiger partial charge in [-0.3, -0.25) is 0 Å². The van der Waals surface area contributed by atoms with E-state index in [1.807, 2.05) is 0 Å². The molecular weight excluding hydrogens is 190 g/mol. The maximum Gasteiger partial charge on any atom is 0.127 e. The molecule has 0 amide bonds. The van der Waals surface area contributed by atoms with Gasteiger partial charge in [0, 0.05) is 11.0 Å². The number of hydrogen-bond donors (Lipinski definition) is 0. The Labute approximate surface area is 81.3 Å². The largest absolute Gasteiger partial charge is 0.207 e. The average molecular weight is 201 g/mol. The summed E-state index contributed by atoms with van der Waals surface area (Å²) < 4.78 is 25.3. The van der Waals surface area contributed by atoms with Crippen molar-refractivity contribution in [2.75, 3.05) is 5.75 Å². The molecule has 0 aliphatic heterocycles. The highest BCUT2D eigenvalue weighted by Gasteiger charge is 2.00. The fourth-order valence-electron chi connectivity index (χ4n) is 0.904. The predicted molar refractivity (Wildman–Crippen MR) is 51.7 cm³/mol. The van der Waals surface area contributed by atoms with Crippen LogP contribution in [0.15, 0.2) is 23.1 Å². The normalized spacial score (nSPS) is 10.4. The molecule has 13 heavy (non-hydrogen) atoms. The van der Waals surface area contributed by atoms with E-state index >= 15 is 0 Å². The van der Waals surface area contributed by atoms with E-state index in [4.69, 9.17) is 0 Å². The van der Waals surface area contributed by atoms with E-state index in [0.29, 0.717) is 4.90 Å². The number of rotatable bonds is 4. The van der Waals surface area contributed by atoms with E-state index in [9.17, 15) is 8.78 Å². The first kappa shape index (κ1) is 10.5. The predicted octanol–water partition coefficient (Wildman–Crippen LogP) is 3.67. The fourth-order valence-corrected chi connectivity index (χ4v) is 1.88. The summed E-state index contributed by atoms with van der Waals surface area (Å²) in [5.74, 6) is -0.180. The third-order valence-electron chi connectivity index (χ3n) is 1.50. The van der Waals surface area contributed by atoms with Crippen molar-refractivity contribution in [1.29, 1.82) is 0 Å². The zero-order valence-electron chi connectivity index (χ0n) is 7.22. The zero-order chi connectivity index (χ0) is 9.68. The molecule has 1 aromatic rings. The second-order valence-corrected chi connectivity index (χ2v) is 3.83. The second kappa shape index (κ2) is 5.22. The molecule has 0 heterocycles. The Morgan fingerprint density at radius 2 is 1.77 bits per heavy atom. The molecule has 0 spiro atoms. The molecule has 0 fully saturated rings. The average Bonchev–Trinajstić information content (AvgIpc) is 2.03. The summed E-state index contributed by atoms with van der Waals surface area (Å²) in [6.07, 6.45) is 1.81. The van der Waals surface area contributed by atoms with E-state index in [-0.39, 0.29) is 0 Å². The van der Waals surface area contributed by atoms with Gasteiger partial charge < -0.3 is 0 Å². The molecule has 0 saturated heterocycles. The van der Waals surface area contributed by atoms with Gasteiger partial charge in [0.25, 0.3) is 0 Å². The fraction of sp³-hybridized carbons (Fsp3) is 0.300. The highest BCUT2D eigenvalue weighted by atomic mass is 32.2. The Hall–Kier alpha value is -0.570. The molecule has 71 valence electrons. The number of thioether (sulfide) groups is 1. The van der Waals surface area contributed by atoms with Crippen LogP contribution in [-0.4, -0.2) is 5.75 Å². The molecule has 1 radical (unpaired) electrons. The molecule has 0 nitrogen and oxygen atoms in total. The van der Waals surface area contributed by atoms with E-state index in [0.717, 1.165) is 24.7 Å². The Balaban J connectivity index is 2.56. The highest BCUT2D eigenvalue weighted by Crippen LogP contribution is 2.21. The maximum absolute atomic E-state index is 12.7. The molecule has 1 aromatic carbocycles. The highest BCUT2D eigenvalue weighted by molar-refractivity contribution is 7.99. The van der Waals surface area contributed by atoms with Crippen LogP contribution in [0.1, 0.15) is 12.8 Å². The van der Waals surface area contributed by atoms with Gasteiger partial charge in [0.1, 0.15) is 11.6 Å². The molecule has 0 atom stereocenters. The Morgan fingerprint density at radius 1 is 1.15 bits per heavy atom. The lowest BCUT2D eigenvalue weighted by molar-refractivity contribution is 0.577. The molecule has 0 bridgehead atoms. The summed E-state index contributed by atoms with van der Waals surface area (Å²) >= 11 is 1.45. The van der Waals surface area contributed by atoms with Crippen molar-refractivity contribution < 1.29 is 8.78 Å². The number of unbranched alkanes of at least 4 members (excludes halogenated alkanes) is 1. The van der Waals surface area contributed by atoms with Gasteiger partial charge in [-0.05, 0) is 24.3 Å². The smallest absolute Gasteiger partial charge is 0.127 e. The number of hydrogen-bond acceptors (Lipinski definition) is 1. The third kappa shape index (κ3) is 3.77. The summed E-state index contributed by atoms with van der Waals surface area (Å²) in [6.45, 7) is 3.69. The standard InChI is InChI=1S/C10H11F2S/c1-2-3-4-13-10-6-8(11)5-9(12)7-10/h5-7H,1-4H2. The first-order chi connectivity index (χ1) is 6.22. The Kier molecular flexibility index (Phi) is 4.22. The lowest BCUT2D eigenvalue weighted by atomic mass is 10.3. The number of halogens is 2. The second-order valence-electron chi connectivity index (χ2n) is 2.66. The molecule has 0 aromatic heterocycles. The van der Waals surface area contributed by atoms with Gasteiger partial charge in [0.2, 0.25) is 0 Å². The third-order valence-corrected chi connectivity index (χ3v) is 2.56. The van der Waals surface area contributed by atoms with Crippen molar-refractivity contribution in [3.05, 3.63) is 36.8 Å². The zero-order valence-corrected chi connectivity index (χ0v) is 8.04. The van der Waals surface area contributed by atoms with Gasteiger partial charge in [-0.15, -0.1) is 11.8 Å². The van der Waals surface area contributed by atoms with Crippen LogP contribution in [-0.2, 0) is 0 Å². The molecule has 1 rings (SSSR count). The summed E-state index contributed by atoms with van der Waals surface area (Å²) in [4.78, 5) is 0.644. The van der Waals surface area contributed by atoms with Gasteiger partial charge >= 0.3 is 0 Å². The molecule has 3 heteroatoms. The summed E-state index contributed by atoms with van der Waals surface area (Å²) in [5, 5.41) is 0. The summed E-state index contributed by atoms with van der Waals surface area (Å²) in [6, 6.07) is 3.57.